The summed E-state index contributed by atoms with van der Waals surface area (Å²) >= 11 is 0. The number of halogens is 2. The van der Waals surface area contributed by atoms with E-state index in [0.717, 1.165) is 0 Å². The number of carboxylic acids is 1. The topological polar surface area (TPSA) is 46.5 Å². The molecule has 0 aromatic heterocycles. The first-order chi connectivity index (χ1) is 7.41. The van der Waals surface area contributed by atoms with Crippen LogP contribution in [-0.4, -0.2) is 17.7 Å². The Morgan fingerprint density at radius 1 is 1.38 bits per heavy atom. The summed E-state index contributed by atoms with van der Waals surface area (Å²) in [5.41, 5.74) is 1.43. The van der Waals surface area contributed by atoms with Crippen LogP contribution in [0.5, 0.6) is 5.75 Å². The maximum Gasteiger partial charge on any atom is 0.387 e. The molecule has 5 heteroatoms. The van der Waals surface area contributed by atoms with E-state index in [-0.39, 0.29) is 12.2 Å². The first-order valence-electron chi connectivity index (χ1n) is 4.67. The molecule has 0 aliphatic heterocycles. The summed E-state index contributed by atoms with van der Waals surface area (Å²) in [5, 5.41) is 8.70. The monoisotopic (exact) mass is 230 g/mol. The van der Waals surface area contributed by atoms with E-state index in [1.807, 2.05) is 0 Å². The highest BCUT2D eigenvalue weighted by Gasteiger charge is 2.16. The number of carboxylic acid groups (broad SMARTS) is 1. The van der Waals surface area contributed by atoms with Gasteiger partial charge in [-0.15, -0.1) is 0 Å². The SMILES string of the molecule is Cc1ccc(C)c(OC(F)F)c1CC(=O)O. The lowest BCUT2D eigenvalue weighted by Crippen LogP contribution is -2.10. The molecule has 1 aromatic carbocycles. The Morgan fingerprint density at radius 3 is 2.44 bits per heavy atom. The number of aryl methyl sites for hydroxylation is 2. The van der Waals surface area contributed by atoms with Crippen molar-refractivity contribution in [3.63, 3.8) is 0 Å². The van der Waals surface area contributed by atoms with E-state index in [1.54, 1.807) is 26.0 Å². The van der Waals surface area contributed by atoms with Gasteiger partial charge in [-0.1, -0.05) is 12.1 Å². The third-order valence-electron chi connectivity index (χ3n) is 2.23. The van der Waals surface area contributed by atoms with E-state index in [2.05, 4.69) is 4.74 Å². The van der Waals surface area contributed by atoms with Crippen LogP contribution < -0.4 is 4.74 Å². The smallest absolute Gasteiger partial charge is 0.387 e. The standard InChI is InChI=1S/C11H12F2O3/c1-6-3-4-7(2)10(16-11(12)13)8(6)5-9(14)15/h3-4,11H,5H2,1-2H3,(H,14,15). The summed E-state index contributed by atoms with van der Waals surface area (Å²) in [4.78, 5) is 10.6. The fourth-order valence-electron chi connectivity index (χ4n) is 1.47. The molecule has 0 amide bonds. The number of alkyl halides is 2. The molecule has 0 aliphatic carbocycles. The fourth-order valence-corrected chi connectivity index (χ4v) is 1.47. The van der Waals surface area contributed by atoms with Crippen LogP contribution in [0.4, 0.5) is 8.78 Å². The van der Waals surface area contributed by atoms with Crippen LogP contribution in [0, 0.1) is 13.8 Å². The van der Waals surface area contributed by atoms with E-state index in [1.165, 1.54) is 0 Å². The summed E-state index contributed by atoms with van der Waals surface area (Å²) in [5.74, 6) is -1.11. The Morgan fingerprint density at radius 2 is 1.94 bits per heavy atom. The van der Waals surface area contributed by atoms with Gasteiger partial charge in [-0.25, -0.2) is 0 Å². The van der Waals surface area contributed by atoms with E-state index in [4.69, 9.17) is 5.11 Å². The van der Waals surface area contributed by atoms with Crippen molar-refractivity contribution < 1.29 is 23.4 Å². The average Bonchev–Trinajstić information content (AvgIpc) is 2.16. The molecule has 16 heavy (non-hydrogen) atoms. The van der Waals surface area contributed by atoms with Gasteiger partial charge in [-0.3, -0.25) is 4.79 Å². The molecule has 0 saturated heterocycles. The normalized spacial score (nSPS) is 10.6. The predicted octanol–water partition coefficient (Wildman–Crippen LogP) is 2.53. The van der Waals surface area contributed by atoms with Crippen molar-refractivity contribution in [3.05, 3.63) is 28.8 Å². The molecule has 3 nitrogen and oxygen atoms in total. The van der Waals surface area contributed by atoms with Crippen LogP contribution in [-0.2, 0) is 11.2 Å². The number of carbonyl (C=O) groups is 1. The third-order valence-corrected chi connectivity index (χ3v) is 2.23. The van der Waals surface area contributed by atoms with Crippen molar-refractivity contribution in [2.75, 3.05) is 0 Å². The number of benzene rings is 1. The van der Waals surface area contributed by atoms with Gasteiger partial charge in [0.15, 0.2) is 0 Å². The van der Waals surface area contributed by atoms with Gasteiger partial charge in [0, 0.05) is 5.56 Å². The second kappa shape index (κ2) is 4.92. The highest BCUT2D eigenvalue weighted by Crippen LogP contribution is 2.28. The average molecular weight is 230 g/mol. The molecule has 0 saturated carbocycles. The first kappa shape index (κ1) is 12.4. The molecule has 1 N–H and O–H groups in total. The fraction of sp³-hybridized carbons (Fsp3) is 0.364. The lowest BCUT2D eigenvalue weighted by molar-refractivity contribution is -0.136. The molecule has 0 radical (unpaired) electrons. The van der Waals surface area contributed by atoms with Gasteiger partial charge in [0.1, 0.15) is 5.75 Å². The Bertz CT molecular complexity index is 402. The molecular weight excluding hydrogens is 218 g/mol. The minimum Gasteiger partial charge on any atom is -0.481 e. The van der Waals surface area contributed by atoms with Crippen molar-refractivity contribution in [3.8, 4) is 5.75 Å². The Balaban J connectivity index is 3.19. The number of hydrogen-bond acceptors (Lipinski definition) is 2. The van der Waals surface area contributed by atoms with Crippen molar-refractivity contribution in [2.24, 2.45) is 0 Å². The second-order valence-corrected chi connectivity index (χ2v) is 3.46. The molecule has 1 rings (SSSR count). The first-order valence-corrected chi connectivity index (χ1v) is 4.67. The van der Waals surface area contributed by atoms with Gasteiger partial charge in [0.2, 0.25) is 0 Å². The number of hydrogen-bond donors (Lipinski definition) is 1. The van der Waals surface area contributed by atoms with Crippen LogP contribution in [0.1, 0.15) is 16.7 Å². The maximum absolute atomic E-state index is 12.2. The van der Waals surface area contributed by atoms with E-state index in [9.17, 15) is 13.6 Å². The molecule has 1 aromatic rings. The van der Waals surface area contributed by atoms with Gasteiger partial charge < -0.3 is 9.84 Å². The van der Waals surface area contributed by atoms with Gasteiger partial charge in [0.25, 0.3) is 0 Å². The van der Waals surface area contributed by atoms with Gasteiger partial charge in [0.05, 0.1) is 6.42 Å². The molecule has 0 heterocycles. The molecule has 0 aliphatic rings. The zero-order valence-electron chi connectivity index (χ0n) is 8.96. The molecular formula is C11H12F2O3. The summed E-state index contributed by atoms with van der Waals surface area (Å²) < 4.78 is 28.7. The largest absolute Gasteiger partial charge is 0.481 e. The summed E-state index contributed by atoms with van der Waals surface area (Å²) in [7, 11) is 0. The van der Waals surface area contributed by atoms with Crippen molar-refractivity contribution in [1.82, 2.24) is 0 Å². The van der Waals surface area contributed by atoms with Crippen LogP contribution >= 0.6 is 0 Å². The van der Waals surface area contributed by atoms with E-state index >= 15 is 0 Å². The number of rotatable bonds is 4. The molecule has 0 unspecified atom stereocenters. The number of ether oxygens (including phenoxy) is 1. The second-order valence-electron chi connectivity index (χ2n) is 3.46. The van der Waals surface area contributed by atoms with Crippen LogP contribution in [0.25, 0.3) is 0 Å². The van der Waals surface area contributed by atoms with Crippen LogP contribution in [0.15, 0.2) is 12.1 Å². The molecule has 88 valence electrons. The lowest BCUT2D eigenvalue weighted by Gasteiger charge is -2.14. The summed E-state index contributed by atoms with van der Waals surface area (Å²) in [6, 6.07) is 3.31. The highest BCUT2D eigenvalue weighted by atomic mass is 19.3. The van der Waals surface area contributed by atoms with Crippen LogP contribution in [0.2, 0.25) is 0 Å². The molecule has 0 atom stereocenters. The van der Waals surface area contributed by atoms with Crippen molar-refractivity contribution in [2.45, 2.75) is 26.9 Å². The Kier molecular flexibility index (Phi) is 3.82. The van der Waals surface area contributed by atoms with E-state index in [0.29, 0.717) is 16.7 Å². The zero-order chi connectivity index (χ0) is 12.3. The third kappa shape index (κ3) is 2.92. The summed E-state index contributed by atoms with van der Waals surface area (Å²) in [6.45, 7) is 0.312. The summed E-state index contributed by atoms with van der Waals surface area (Å²) in [6.07, 6.45) is -0.324. The Hall–Kier alpha value is -1.65. The Labute approximate surface area is 91.7 Å². The highest BCUT2D eigenvalue weighted by molar-refractivity contribution is 5.72. The number of aliphatic carboxylic acids is 1. The van der Waals surface area contributed by atoms with E-state index < -0.39 is 12.6 Å². The van der Waals surface area contributed by atoms with Gasteiger partial charge in [-0.05, 0) is 25.0 Å². The lowest BCUT2D eigenvalue weighted by atomic mass is 10.0. The van der Waals surface area contributed by atoms with Gasteiger partial charge >= 0.3 is 12.6 Å². The molecule has 0 fully saturated rings. The van der Waals surface area contributed by atoms with Crippen molar-refractivity contribution >= 4 is 5.97 Å². The van der Waals surface area contributed by atoms with Crippen LogP contribution in [0.3, 0.4) is 0 Å². The minimum atomic E-state index is -2.95. The predicted molar refractivity (Wildman–Crippen MR) is 53.9 cm³/mol. The zero-order valence-corrected chi connectivity index (χ0v) is 8.96. The minimum absolute atomic E-state index is 0.0302. The van der Waals surface area contributed by atoms with Crippen molar-refractivity contribution in [1.29, 1.82) is 0 Å². The maximum atomic E-state index is 12.2. The quantitative estimate of drug-likeness (QED) is 0.864. The van der Waals surface area contributed by atoms with Gasteiger partial charge in [-0.2, -0.15) is 8.78 Å². The molecule has 0 spiro atoms. The molecule has 0 bridgehead atoms.